The normalized spacial score (nSPS) is 29.7. The molecular formula is C27H36FN3O5. The maximum Gasteiger partial charge on any atom is 0.335 e. The summed E-state index contributed by atoms with van der Waals surface area (Å²) < 4.78 is 13.9. The molecule has 0 radical (unpaired) electrons. The van der Waals surface area contributed by atoms with Crippen molar-refractivity contribution in [2.24, 2.45) is 23.7 Å². The van der Waals surface area contributed by atoms with Crippen molar-refractivity contribution in [3.05, 3.63) is 35.4 Å². The standard InChI is InChI=1S/C27H36FN3O5/c1-15(10-22-29-24-16(2)12-20(28)14-21(24)26(34)30-22)11-23(32)31-8-6-17(7-9-31)25(33)18-4-3-5-19(13-18)27(35)36/h3-5,13,15-17,20-22,24,29H,6-12,14H2,1-2H3,(H,30,34)(H,35,36)/t15-,16?,20?,21?,22?,24?/m1/s1. The van der Waals surface area contributed by atoms with Gasteiger partial charge in [-0.05, 0) is 56.1 Å². The Kier molecular flexibility index (Phi) is 8.07. The monoisotopic (exact) mass is 501 g/mol. The van der Waals surface area contributed by atoms with Crippen LogP contribution in [0.2, 0.25) is 0 Å². The molecule has 2 amide bonds. The second-order valence-electron chi connectivity index (χ2n) is 10.9. The second kappa shape index (κ2) is 11.1. The first-order valence-corrected chi connectivity index (χ1v) is 13.0. The third kappa shape index (κ3) is 5.94. The van der Waals surface area contributed by atoms with Crippen LogP contribution in [0.25, 0.3) is 0 Å². The number of alkyl halides is 1. The molecule has 36 heavy (non-hydrogen) atoms. The number of fused-ring (bicyclic) bond motifs is 1. The summed E-state index contributed by atoms with van der Waals surface area (Å²) in [6.07, 6.45) is 1.62. The fourth-order valence-corrected chi connectivity index (χ4v) is 6.04. The number of carbonyl (C=O) groups excluding carboxylic acids is 3. The van der Waals surface area contributed by atoms with E-state index in [0.717, 1.165) is 0 Å². The van der Waals surface area contributed by atoms with Gasteiger partial charge in [0.05, 0.1) is 17.6 Å². The molecule has 5 unspecified atom stereocenters. The number of hydrogen-bond acceptors (Lipinski definition) is 5. The van der Waals surface area contributed by atoms with Crippen molar-refractivity contribution in [3.8, 4) is 0 Å². The number of halogens is 1. The number of carboxylic acid groups (broad SMARTS) is 1. The highest BCUT2D eigenvalue weighted by Gasteiger charge is 2.44. The fraction of sp³-hybridized carbons (Fsp3) is 0.630. The summed E-state index contributed by atoms with van der Waals surface area (Å²) in [5, 5.41) is 15.6. The molecular weight excluding hydrogens is 465 g/mol. The van der Waals surface area contributed by atoms with E-state index >= 15 is 0 Å². The van der Waals surface area contributed by atoms with Gasteiger partial charge in [0.2, 0.25) is 11.8 Å². The lowest BCUT2D eigenvalue weighted by molar-refractivity contribution is -0.134. The highest BCUT2D eigenvalue weighted by atomic mass is 19.1. The summed E-state index contributed by atoms with van der Waals surface area (Å²) in [6, 6.07) is 6.05. The quantitative estimate of drug-likeness (QED) is 0.495. The number of benzene rings is 1. The maximum atomic E-state index is 13.9. The predicted octanol–water partition coefficient (Wildman–Crippen LogP) is 3.02. The summed E-state index contributed by atoms with van der Waals surface area (Å²) in [4.78, 5) is 51.3. The van der Waals surface area contributed by atoms with Crippen LogP contribution in [0.5, 0.6) is 0 Å². The molecule has 0 aromatic heterocycles. The molecule has 9 heteroatoms. The number of carbonyl (C=O) groups is 4. The number of hydrogen-bond donors (Lipinski definition) is 3. The van der Waals surface area contributed by atoms with Gasteiger partial charge in [0, 0.05) is 37.0 Å². The highest BCUT2D eigenvalue weighted by molar-refractivity contribution is 6.00. The molecule has 6 atom stereocenters. The Hall–Kier alpha value is -2.81. The number of aromatic carboxylic acids is 1. The largest absolute Gasteiger partial charge is 0.478 e. The zero-order chi connectivity index (χ0) is 26.0. The molecule has 1 saturated carbocycles. The van der Waals surface area contributed by atoms with Crippen LogP contribution in [-0.4, -0.2) is 65.0 Å². The molecule has 2 saturated heterocycles. The van der Waals surface area contributed by atoms with Gasteiger partial charge < -0.3 is 15.3 Å². The zero-order valence-electron chi connectivity index (χ0n) is 20.9. The van der Waals surface area contributed by atoms with Crippen LogP contribution in [0, 0.1) is 23.7 Å². The number of amides is 2. The molecule has 1 aromatic carbocycles. The number of likely N-dealkylation sites (tertiary alicyclic amines) is 1. The molecule has 196 valence electrons. The van der Waals surface area contributed by atoms with Gasteiger partial charge >= 0.3 is 5.97 Å². The minimum atomic E-state index is -1.07. The highest BCUT2D eigenvalue weighted by Crippen LogP contribution is 2.34. The van der Waals surface area contributed by atoms with Gasteiger partial charge in [-0.3, -0.25) is 19.7 Å². The number of carboxylic acids is 1. The van der Waals surface area contributed by atoms with Crippen LogP contribution in [0.4, 0.5) is 4.39 Å². The number of piperidine rings is 1. The van der Waals surface area contributed by atoms with Crippen LogP contribution < -0.4 is 10.6 Å². The van der Waals surface area contributed by atoms with Crippen molar-refractivity contribution in [3.63, 3.8) is 0 Å². The molecule has 1 aromatic rings. The maximum absolute atomic E-state index is 13.9. The van der Waals surface area contributed by atoms with Gasteiger partial charge in [0.25, 0.3) is 0 Å². The number of rotatable bonds is 7. The van der Waals surface area contributed by atoms with E-state index in [1.54, 1.807) is 17.0 Å². The molecule has 2 aliphatic heterocycles. The first-order valence-electron chi connectivity index (χ1n) is 13.0. The number of nitrogens with one attached hydrogen (secondary N) is 2. The lowest BCUT2D eigenvalue weighted by atomic mass is 9.75. The smallest absolute Gasteiger partial charge is 0.335 e. The topological polar surface area (TPSA) is 116 Å². The van der Waals surface area contributed by atoms with Crippen molar-refractivity contribution < 1.29 is 28.7 Å². The second-order valence-corrected chi connectivity index (χ2v) is 10.9. The lowest BCUT2D eigenvalue weighted by Gasteiger charge is -2.44. The Balaban J connectivity index is 1.24. The fourth-order valence-electron chi connectivity index (χ4n) is 6.04. The SMILES string of the molecule is CC1CC(F)CC2C(=O)NC(C[C@@H](C)CC(=O)N3CCC(C(=O)c4cccc(C(=O)O)c4)CC3)NC12. The summed E-state index contributed by atoms with van der Waals surface area (Å²) >= 11 is 0. The molecule has 3 N–H and O–H groups in total. The first kappa shape index (κ1) is 26.3. The molecule has 2 heterocycles. The Labute approximate surface area is 211 Å². The molecule has 0 bridgehead atoms. The summed E-state index contributed by atoms with van der Waals surface area (Å²) in [5.41, 5.74) is 0.484. The van der Waals surface area contributed by atoms with Crippen molar-refractivity contribution in [1.82, 2.24) is 15.5 Å². The van der Waals surface area contributed by atoms with Crippen molar-refractivity contribution in [1.29, 1.82) is 0 Å². The average molecular weight is 502 g/mol. The van der Waals surface area contributed by atoms with Crippen LogP contribution >= 0.6 is 0 Å². The van der Waals surface area contributed by atoms with E-state index in [4.69, 9.17) is 5.11 Å². The number of nitrogens with zero attached hydrogens (tertiary/aromatic N) is 1. The van der Waals surface area contributed by atoms with E-state index in [2.05, 4.69) is 10.6 Å². The molecule has 0 spiro atoms. The lowest BCUT2D eigenvalue weighted by Crippen LogP contribution is -2.65. The Bertz CT molecular complexity index is 1010. The minimum absolute atomic E-state index is 0.0348. The molecule has 3 aliphatic rings. The minimum Gasteiger partial charge on any atom is -0.478 e. The third-order valence-corrected chi connectivity index (χ3v) is 8.00. The number of ketones is 1. The molecule has 4 rings (SSSR count). The van der Waals surface area contributed by atoms with Gasteiger partial charge in [0.15, 0.2) is 5.78 Å². The number of Topliss-reactive ketones (excluding diaryl/α,β-unsaturated/α-hetero) is 1. The van der Waals surface area contributed by atoms with E-state index in [9.17, 15) is 23.6 Å². The first-order chi connectivity index (χ1) is 17.1. The molecule has 3 fully saturated rings. The Morgan fingerprint density at radius 1 is 1.17 bits per heavy atom. The Morgan fingerprint density at radius 3 is 2.56 bits per heavy atom. The van der Waals surface area contributed by atoms with Crippen LogP contribution in [0.1, 0.15) is 73.1 Å². The van der Waals surface area contributed by atoms with E-state index < -0.39 is 12.1 Å². The van der Waals surface area contributed by atoms with Crippen molar-refractivity contribution in [2.45, 2.75) is 70.8 Å². The summed E-state index contributed by atoms with van der Waals surface area (Å²) in [7, 11) is 0. The molecule has 1 aliphatic carbocycles. The van der Waals surface area contributed by atoms with Crippen LogP contribution in [0.15, 0.2) is 24.3 Å². The summed E-state index contributed by atoms with van der Waals surface area (Å²) in [5.74, 6) is -1.66. The molecule has 8 nitrogen and oxygen atoms in total. The van der Waals surface area contributed by atoms with Gasteiger partial charge in [-0.1, -0.05) is 26.0 Å². The van der Waals surface area contributed by atoms with Crippen LogP contribution in [-0.2, 0) is 9.59 Å². The van der Waals surface area contributed by atoms with Crippen molar-refractivity contribution in [2.75, 3.05) is 13.1 Å². The zero-order valence-corrected chi connectivity index (χ0v) is 20.9. The van der Waals surface area contributed by atoms with E-state index in [1.165, 1.54) is 12.1 Å². The summed E-state index contributed by atoms with van der Waals surface area (Å²) in [6.45, 7) is 4.96. The Morgan fingerprint density at radius 2 is 1.86 bits per heavy atom. The predicted molar refractivity (Wildman–Crippen MR) is 131 cm³/mol. The van der Waals surface area contributed by atoms with E-state index in [-0.39, 0.29) is 65.5 Å². The van der Waals surface area contributed by atoms with Gasteiger partial charge in [-0.25, -0.2) is 9.18 Å². The van der Waals surface area contributed by atoms with E-state index in [1.807, 2.05) is 13.8 Å². The van der Waals surface area contributed by atoms with E-state index in [0.29, 0.717) is 50.8 Å². The third-order valence-electron chi connectivity index (χ3n) is 8.00. The van der Waals surface area contributed by atoms with Gasteiger partial charge in [-0.15, -0.1) is 0 Å². The van der Waals surface area contributed by atoms with Gasteiger partial charge in [-0.2, -0.15) is 0 Å². The van der Waals surface area contributed by atoms with Crippen LogP contribution in [0.3, 0.4) is 0 Å². The average Bonchev–Trinajstić information content (AvgIpc) is 2.84. The van der Waals surface area contributed by atoms with Gasteiger partial charge in [0.1, 0.15) is 6.17 Å². The van der Waals surface area contributed by atoms with Crippen molar-refractivity contribution >= 4 is 23.6 Å².